The Labute approximate surface area is 112 Å². The van der Waals surface area contributed by atoms with Crippen LogP contribution < -0.4 is 5.43 Å². The van der Waals surface area contributed by atoms with Gasteiger partial charge in [-0.25, -0.2) is 0 Å². The third kappa shape index (κ3) is 2.26. The van der Waals surface area contributed by atoms with Crippen molar-refractivity contribution in [2.24, 2.45) is 7.05 Å². The quantitative estimate of drug-likeness (QED) is 0.845. The number of benzene rings is 1. The molecular formula is C15H18N2O2. The van der Waals surface area contributed by atoms with Gasteiger partial charge in [-0.2, -0.15) is 0 Å². The Balaban J connectivity index is 2.66. The van der Waals surface area contributed by atoms with Crippen molar-refractivity contribution in [2.75, 3.05) is 13.1 Å². The Kier molecular flexibility index (Phi) is 3.69. The van der Waals surface area contributed by atoms with E-state index in [9.17, 15) is 9.59 Å². The molecule has 100 valence electrons. The first-order valence-corrected chi connectivity index (χ1v) is 6.47. The van der Waals surface area contributed by atoms with Gasteiger partial charge >= 0.3 is 0 Å². The first kappa shape index (κ1) is 13.3. The minimum absolute atomic E-state index is 0.189. The molecule has 0 bridgehead atoms. The van der Waals surface area contributed by atoms with Crippen LogP contribution in [0.1, 0.15) is 24.2 Å². The topological polar surface area (TPSA) is 42.3 Å². The maximum absolute atomic E-state index is 12.4. The number of amides is 1. The lowest BCUT2D eigenvalue weighted by molar-refractivity contribution is 0.0771. The van der Waals surface area contributed by atoms with Crippen LogP contribution in [-0.4, -0.2) is 28.5 Å². The van der Waals surface area contributed by atoms with E-state index in [-0.39, 0.29) is 16.9 Å². The van der Waals surface area contributed by atoms with Gasteiger partial charge in [0, 0.05) is 31.7 Å². The molecule has 2 aromatic rings. The van der Waals surface area contributed by atoms with Gasteiger partial charge in [-0.3, -0.25) is 9.59 Å². The molecule has 0 aliphatic heterocycles. The Morgan fingerprint density at radius 2 is 1.84 bits per heavy atom. The monoisotopic (exact) mass is 258 g/mol. The summed E-state index contributed by atoms with van der Waals surface area (Å²) in [4.78, 5) is 26.4. The number of aryl methyl sites for hydroxylation is 1. The van der Waals surface area contributed by atoms with E-state index in [2.05, 4.69) is 0 Å². The largest absolute Gasteiger partial charge is 0.350 e. The molecule has 0 saturated heterocycles. The average Bonchev–Trinajstić information content (AvgIpc) is 2.44. The minimum atomic E-state index is -0.198. The van der Waals surface area contributed by atoms with Crippen molar-refractivity contribution >= 4 is 16.8 Å². The predicted octanol–water partition coefficient (Wildman–Crippen LogP) is 2.02. The summed E-state index contributed by atoms with van der Waals surface area (Å²) in [6, 6.07) is 7.34. The summed E-state index contributed by atoms with van der Waals surface area (Å²) in [6.07, 6.45) is 1.63. The lowest BCUT2D eigenvalue weighted by atomic mass is 10.1. The number of hydrogen-bond acceptors (Lipinski definition) is 2. The van der Waals surface area contributed by atoms with E-state index in [0.717, 1.165) is 5.52 Å². The van der Waals surface area contributed by atoms with Crippen LogP contribution in [0.3, 0.4) is 0 Å². The average molecular weight is 258 g/mol. The van der Waals surface area contributed by atoms with E-state index in [4.69, 9.17) is 0 Å². The molecule has 1 heterocycles. The van der Waals surface area contributed by atoms with Gasteiger partial charge in [-0.15, -0.1) is 0 Å². The Hall–Kier alpha value is -2.10. The number of carbonyl (C=O) groups excluding carboxylic acids is 1. The van der Waals surface area contributed by atoms with Gasteiger partial charge in [0.25, 0.3) is 5.91 Å². The SMILES string of the molecule is CCN(CC)C(=O)c1cn(C)c2ccccc2c1=O. The summed E-state index contributed by atoms with van der Waals surface area (Å²) >= 11 is 0. The molecule has 2 rings (SSSR count). The zero-order valence-electron chi connectivity index (χ0n) is 11.5. The maximum Gasteiger partial charge on any atom is 0.259 e. The van der Waals surface area contributed by atoms with Crippen molar-refractivity contribution in [1.29, 1.82) is 0 Å². The standard InChI is InChI=1S/C15H18N2O2/c1-4-17(5-2)15(19)12-10-16(3)13-9-7-6-8-11(13)14(12)18/h6-10H,4-5H2,1-3H3. The summed E-state index contributed by atoms with van der Waals surface area (Å²) in [5.41, 5.74) is 0.888. The second-order valence-corrected chi connectivity index (χ2v) is 4.48. The molecule has 4 nitrogen and oxygen atoms in total. The van der Waals surface area contributed by atoms with E-state index < -0.39 is 0 Å². The van der Waals surface area contributed by atoms with Crippen molar-refractivity contribution in [2.45, 2.75) is 13.8 Å². The first-order chi connectivity index (χ1) is 9.10. The highest BCUT2D eigenvalue weighted by molar-refractivity contribution is 5.97. The number of nitrogens with zero attached hydrogens (tertiary/aromatic N) is 2. The second kappa shape index (κ2) is 5.26. The summed E-state index contributed by atoms with van der Waals surface area (Å²) in [5, 5.41) is 0.586. The third-order valence-electron chi connectivity index (χ3n) is 3.38. The predicted molar refractivity (Wildman–Crippen MR) is 76.4 cm³/mol. The van der Waals surface area contributed by atoms with Crippen molar-refractivity contribution in [3.63, 3.8) is 0 Å². The van der Waals surface area contributed by atoms with Crippen LogP contribution in [0.2, 0.25) is 0 Å². The summed E-state index contributed by atoms with van der Waals surface area (Å²) < 4.78 is 1.83. The highest BCUT2D eigenvalue weighted by atomic mass is 16.2. The number of hydrogen-bond donors (Lipinski definition) is 0. The molecule has 4 heteroatoms. The first-order valence-electron chi connectivity index (χ1n) is 6.47. The highest BCUT2D eigenvalue weighted by Crippen LogP contribution is 2.11. The van der Waals surface area contributed by atoms with E-state index in [1.807, 2.05) is 43.7 Å². The molecule has 0 radical (unpaired) electrons. The van der Waals surface area contributed by atoms with Crippen LogP contribution in [0, 0.1) is 0 Å². The van der Waals surface area contributed by atoms with Crippen molar-refractivity contribution in [1.82, 2.24) is 9.47 Å². The number of fused-ring (bicyclic) bond motifs is 1. The van der Waals surface area contributed by atoms with E-state index in [0.29, 0.717) is 18.5 Å². The summed E-state index contributed by atoms with van der Waals surface area (Å²) in [5.74, 6) is -0.198. The molecule has 0 aliphatic rings. The van der Waals surface area contributed by atoms with Crippen LogP contribution in [0.4, 0.5) is 0 Å². The zero-order valence-corrected chi connectivity index (χ0v) is 11.5. The number of para-hydroxylation sites is 1. The van der Waals surface area contributed by atoms with Gasteiger partial charge < -0.3 is 9.47 Å². The molecule has 1 amide bonds. The van der Waals surface area contributed by atoms with Gasteiger partial charge in [-0.05, 0) is 26.0 Å². The van der Waals surface area contributed by atoms with Crippen LogP contribution >= 0.6 is 0 Å². The molecule has 0 spiro atoms. The van der Waals surface area contributed by atoms with Gasteiger partial charge in [-0.1, -0.05) is 12.1 Å². The van der Waals surface area contributed by atoms with Crippen LogP contribution in [0.25, 0.3) is 10.9 Å². The van der Waals surface area contributed by atoms with Crippen LogP contribution in [-0.2, 0) is 7.05 Å². The number of rotatable bonds is 3. The van der Waals surface area contributed by atoms with Gasteiger partial charge in [0.15, 0.2) is 0 Å². The molecule has 1 aromatic heterocycles. The lowest BCUT2D eigenvalue weighted by Gasteiger charge is -2.19. The third-order valence-corrected chi connectivity index (χ3v) is 3.38. The van der Waals surface area contributed by atoms with E-state index in [1.165, 1.54) is 0 Å². The Morgan fingerprint density at radius 1 is 1.21 bits per heavy atom. The number of carbonyl (C=O) groups is 1. The van der Waals surface area contributed by atoms with Gasteiger partial charge in [0.1, 0.15) is 5.56 Å². The van der Waals surface area contributed by atoms with Crippen molar-refractivity contribution in [3.8, 4) is 0 Å². The van der Waals surface area contributed by atoms with Crippen molar-refractivity contribution in [3.05, 3.63) is 46.2 Å². The molecule has 0 saturated carbocycles. The molecule has 0 atom stereocenters. The maximum atomic E-state index is 12.4. The summed E-state index contributed by atoms with van der Waals surface area (Å²) in [6.45, 7) is 5.02. The normalized spacial score (nSPS) is 10.7. The molecule has 19 heavy (non-hydrogen) atoms. The summed E-state index contributed by atoms with van der Waals surface area (Å²) in [7, 11) is 1.85. The smallest absolute Gasteiger partial charge is 0.259 e. The fraction of sp³-hybridized carbons (Fsp3) is 0.333. The molecule has 0 aliphatic carbocycles. The van der Waals surface area contributed by atoms with Crippen LogP contribution in [0.5, 0.6) is 0 Å². The van der Waals surface area contributed by atoms with E-state index in [1.54, 1.807) is 17.2 Å². The molecule has 0 unspecified atom stereocenters. The number of pyridine rings is 1. The fourth-order valence-corrected chi connectivity index (χ4v) is 2.27. The second-order valence-electron chi connectivity index (χ2n) is 4.48. The Morgan fingerprint density at radius 3 is 2.47 bits per heavy atom. The fourth-order valence-electron chi connectivity index (χ4n) is 2.27. The van der Waals surface area contributed by atoms with Crippen molar-refractivity contribution < 1.29 is 4.79 Å². The molecule has 1 aromatic carbocycles. The van der Waals surface area contributed by atoms with Crippen LogP contribution in [0.15, 0.2) is 35.3 Å². The Bertz CT molecular complexity index is 669. The minimum Gasteiger partial charge on any atom is -0.350 e. The molecular weight excluding hydrogens is 240 g/mol. The molecule has 0 N–H and O–H groups in total. The lowest BCUT2D eigenvalue weighted by Crippen LogP contribution is -2.34. The molecule has 0 fully saturated rings. The highest BCUT2D eigenvalue weighted by Gasteiger charge is 2.18. The number of aromatic nitrogens is 1. The van der Waals surface area contributed by atoms with E-state index >= 15 is 0 Å². The van der Waals surface area contributed by atoms with Gasteiger partial charge in [0.05, 0.1) is 5.52 Å². The van der Waals surface area contributed by atoms with Gasteiger partial charge in [0.2, 0.25) is 5.43 Å². The zero-order chi connectivity index (χ0) is 14.0.